The fourth-order valence-corrected chi connectivity index (χ4v) is 3.77. The van der Waals surface area contributed by atoms with Gasteiger partial charge in [-0.15, -0.1) is 0 Å². The molecule has 0 aliphatic heterocycles. The van der Waals surface area contributed by atoms with E-state index >= 15 is 0 Å². The summed E-state index contributed by atoms with van der Waals surface area (Å²) in [5.41, 5.74) is 0. The van der Waals surface area contributed by atoms with Crippen molar-refractivity contribution in [1.82, 2.24) is 0 Å². The molecule has 0 aromatic heterocycles. The van der Waals surface area contributed by atoms with Crippen LogP contribution < -0.4 is 0 Å². The molecule has 1 fully saturated rings. The van der Waals surface area contributed by atoms with E-state index in [0.717, 1.165) is 17.1 Å². The minimum Gasteiger partial charge on any atom is -0.159 e. The van der Waals surface area contributed by atoms with E-state index in [4.69, 9.17) is 0 Å². The Morgan fingerprint density at radius 1 is 1.25 bits per heavy atom. The van der Waals surface area contributed by atoms with Crippen molar-refractivity contribution >= 4 is 11.8 Å². The number of hydrogen-bond donors (Lipinski definition) is 0. The van der Waals surface area contributed by atoms with Crippen molar-refractivity contribution < 1.29 is 0 Å². The monoisotopic (exact) mass is 186 g/mol. The van der Waals surface area contributed by atoms with Crippen LogP contribution >= 0.6 is 11.8 Å². The van der Waals surface area contributed by atoms with Gasteiger partial charge in [-0.2, -0.15) is 11.8 Å². The second kappa shape index (κ2) is 5.16. The van der Waals surface area contributed by atoms with Crippen molar-refractivity contribution in [2.24, 2.45) is 11.8 Å². The van der Waals surface area contributed by atoms with Crippen LogP contribution in [-0.4, -0.2) is 11.0 Å². The van der Waals surface area contributed by atoms with Crippen molar-refractivity contribution in [3.05, 3.63) is 0 Å². The highest BCUT2D eigenvalue weighted by atomic mass is 32.2. The molecule has 0 amide bonds. The highest BCUT2D eigenvalue weighted by Crippen LogP contribution is 2.37. The number of hydrogen-bond acceptors (Lipinski definition) is 1. The summed E-state index contributed by atoms with van der Waals surface area (Å²) >= 11 is 2.19. The summed E-state index contributed by atoms with van der Waals surface area (Å²) in [6, 6.07) is 0. The summed E-state index contributed by atoms with van der Waals surface area (Å²) in [5, 5.41) is 0.976. The molecule has 0 N–H and O–H groups in total. The smallest absolute Gasteiger partial charge is 0.00776 e. The third kappa shape index (κ3) is 2.69. The van der Waals surface area contributed by atoms with Crippen LogP contribution in [0.5, 0.6) is 0 Å². The molecule has 1 saturated carbocycles. The molecular weight excluding hydrogens is 164 g/mol. The van der Waals surface area contributed by atoms with Crippen molar-refractivity contribution in [3.8, 4) is 0 Å². The number of thioether (sulfide) groups is 1. The van der Waals surface area contributed by atoms with Crippen LogP contribution in [0, 0.1) is 11.8 Å². The van der Waals surface area contributed by atoms with E-state index in [1.54, 1.807) is 0 Å². The zero-order valence-corrected chi connectivity index (χ0v) is 9.49. The third-order valence-corrected chi connectivity index (χ3v) is 4.34. The molecule has 0 heterocycles. The molecule has 0 spiro atoms. The first-order chi connectivity index (χ1) is 5.75. The maximum atomic E-state index is 2.39. The summed E-state index contributed by atoms with van der Waals surface area (Å²) in [4.78, 5) is 0. The highest BCUT2D eigenvalue weighted by Gasteiger charge is 2.26. The fraction of sp³-hybridized carbons (Fsp3) is 1.00. The van der Waals surface area contributed by atoms with Gasteiger partial charge in [-0.05, 0) is 30.4 Å². The molecule has 0 unspecified atom stereocenters. The lowest BCUT2D eigenvalue weighted by atomic mass is 9.81. The lowest BCUT2D eigenvalue weighted by molar-refractivity contribution is 0.289. The Labute approximate surface area is 81.5 Å². The van der Waals surface area contributed by atoms with E-state index in [9.17, 15) is 0 Å². The molecule has 72 valence electrons. The van der Waals surface area contributed by atoms with Crippen LogP contribution in [0.1, 0.15) is 46.5 Å². The Hall–Kier alpha value is 0.350. The van der Waals surface area contributed by atoms with E-state index in [1.165, 1.54) is 31.4 Å². The topological polar surface area (TPSA) is 0 Å². The summed E-state index contributed by atoms with van der Waals surface area (Å²) < 4.78 is 0. The molecule has 2 atom stereocenters. The van der Waals surface area contributed by atoms with Crippen LogP contribution in [-0.2, 0) is 0 Å². The minimum atomic E-state index is 0.898. The molecule has 0 saturated heterocycles. The Morgan fingerprint density at radius 3 is 2.50 bits per heavy atom. The minimum absolute atomic E-state index is 0.898. The first-order valence-corrected chi connectivity index (χ1v) is 6.42. The Balaban J connectivity index is 2.42. The molecule has 0 radical (unpaired) electrons. The molecule has 12 heavy (non-hydrogen) atoms. The summed E-state index contributed by atoms with van der Waals surface area (Å²) in [7, 11) is 0. The van der Waals surface area contributed by atoms with Crippen molar-refractivity contribution in [2.45, 2.75) is 51.7 Å². The van der Waals surface area contributed by atoms with E-state index < -0.39 is 0 Å². The van der Waals surface area contributed by atoms with Gasteiger partial charge >= 0.3 is 0 Å². The van der Waals surface area contributed by atoms with Crippen LogP contribution in [0.15, 0.2) is 0 Å². The second-order valence-electron chi connectivity index (χ2n) is 4.19. The largest absolute Gasteiger partial charge is 0.159 e. The van der Waals surface area contributed by atoms with Crippen molar-refractivity contribution in [1.29, 1.82) is 0 Å². The zero-order chi connectivity index (χ0) is 8.97. The predicted molar refractivity (Wildman–Crippen MR) is 58.7 cm³/mol. The van der Waals surface area contributed by atoms with Gasteiger partial charge in [-0.25, -0.2) is 0 Å². The van der Waals surface area contributed by atoms with E-state index in [-0.39, 0.29) is 0 Å². The highest BCUT2D eigenvalue weighted by molar-refractivity contribution is 7.99. The van der Waals surface area contributed by atoms with Crippen LogP contribution in [0.25, 0.3) is 0 Å². The third-order valence-electron chi connectivity index (χ3n) is 2.99. The van der Waals surface area contributed by atoms with Crippen LogP contribution in [0.4, 0.5) is 0 Å². The first-order valence-electron chi connectivity index (χ1n) is 5.37. The molecule has 1 heteroatoms. The average molecular weight is 186 g/mol. The quantitative estimate of drug-likeness (QED) is 0.643. The van der Waals surface area contributed by atoms with Gasteiger partial charge in [0.05, 0.1) is 0 Å². The normalized spacial score (nSPS) is 31.0. The SMILES string of the molecule is CCS[C@H]1CCCC[C@H]1C(C)C. The molecule has 0 bridgehead atoms. The molecular formula is C11H22S. The molecule has 1 rings (SSSR count). The van der Waals surface area contributed by atoms with Gasteiger partial charge in [-0.1, -0.05) is 33.6 Å². The van der Waals surface area contributed by atoms with Gasteiger partial charge in [0, 0.05) is 5.25 Å². The van der Waals surface area contributed by atoms with E-state index in [2.05, 4.69) is 32.5 Å². The Kier molecular flexibility index (Phi) is 4.49. The molecule has 1 aliphatic rings. The van der Waals surface area contributed by atoms with Gasteiger partial charge in [-0.3, -0.25) is 0 Å². The average Bonchev–Trinajstić information content (AvgIpc) is 2.05. The van der Waals surface area contributed by atoms with Gasteiger partial charge in [0.25, 0.3) is 0 Å². The zero-order valence-electron chi connectivity index (χ0n) is 8.68. The van der Waals surface area contributed by atoms with Gasteiger partial charge in [0.15, 0.2) is 0 Å². The molecule has 1 aliphatic carbocycles. The standard InChI is InChI=1S/C11H22S/c1-4-12-11-8-6-5-7-10(11)9(2)3/h9-11H,4-8H2,1-3H3/t10-,11-/m0/s1. The molecule has 0 aromatic rings. The maximum Gasteiger partial charge on any atom is 0.00776 e. The first kappa shape index (κ1) is 10.4. The van der Waals surface area contributed by atoms with Crippen LogP contribution in [0.2, 0.25) is 0 Å². The molecule has 0 nitrogen and oxygen atoms in total. The Bertz CT molecular complexity index is 118. The summed E-state index contributed by atoms with van der Waals surface area (Å²) in [6.07, 6.45) is 5.90. The lowest BCUT2D eigenvalue weighted by Gasteiger charge is -2.33. The van der Waals surface area contributed by atoms with Gasteiger partial charge < -0.3 is 0 Å². The van der Waals surface area contributed by atoms with Crippen LogP contribution in [0.3, 0.4) is 0 Å². The van der Waals surface area contributed by atoms with E-state index in [1.807, 2.05) is 0 Å². The Morgan fingerprint density at radius 2 is 1.92 bits per heavy atom. The maximum absolute atomic E-state index is 2.39. The lowest BCUT2D eigenvalue weighted by Crippen LogP contribution is -2.26. The molecule has 0 aromatic carbocycles. The second-order valence-corrected chi connectivity index (χ2v) is 5.70. The van der Waals surface area contributed by atoms with Gasteiger partial charge in [0.2, 0.25) is 0 Å². The van der Waals surface area contributed by atoms with E-state index in [0.29, 0.717) is 0 Å². The summed E-state index contributed by atoms with van der Waals surface area (Å²) in [6.45, 7) is 7.06. The number of rotatable bonds is 3. The van der Waals surface area contributed by atoms with Crippen molar-refractivity contribution in [3.63, 3.8) is 0 Å². The fourth-order valence-electron chi connectivity index (χ4n) is 2.31. The van der Waals surface area contributed by atoms with Gasteiger partial charge in [0.1, 0.15) is 0 Å². The predicted octanol–water partition coefficient (Wildman–Crippen LogP) is 3.95. The summed E-state index contributed by atoms with van der Waals surface area (Å²) in [5.74, 6) is 3.20. The van der Waals surface area contributed by atoms with Crippen molar-refractivity contribution in [2.75, 3.05) is 5.75 Å².